The Morgan fingerprint density at radius 2 is 1.41 bits per heavy atom. The maximum Gasteiger partial charge on any atom is 0.200 e. The smallest absolute Gasteiger partial charge is 0.200 e. The Morgan fingerprint density at radius 3 is 1.91 bits per heavy atom. The molecule has 116 valence electrons. The fourth-order valence-corrected chi connectivity index (χ4v) is 2.49. The summed E-state index contributed by atoms with van der Waals surface area (Å²) in [5.41, 5.74) is 3.01. The fraction of sp³-hybridized carbons (Fsp3) is 0.350. The molecule has 2 heteroatoms. The molecule has 0 atom stereocenters. The third kappa shape index (κ3) is 3.76. The van der Waals surface area contributed by atoms with Crippen molar-refractivity contribution in [1.82, 2.24) is 0 Å². The van der Waals surface area contributed by atoms with Crippen molar-refractivity contribution in [3.05, 3.63) is 65.2 Å². The van der Waals surface area contributed by atoms with Crippen LogP contribution in [-0.4, -0.2) is 12.4 Å². The van der Waals surface area contributed by atoms with Crippen molar-refractivity contribution in [1.29, 1.82) is 0 Å². The average Bonchev–Trinajstić information content (AvgIpc) is 2.52. The van der Waals surface area contributed by atoms with Gasteiger partial charge in [0.05, 0.1) is 0 Å². The Hall–Kier alpha value is -2.09. The van der Waals surface area contributed by atoms with Crippen LogP contribution in [0.25, 0.3) is 0 Å². The van der Waals surface area contributed by atoms with Crippen LogP contribution >= 0.6 is 0 Å². The highest BCUT2D eigenvalue weighted by molar-refractivity contribution is 5.97. The van der Waals surface area contributed by atoms with Gasteiger partial charge in [-0.15, -0.1) is 0 Å². The molecule has 2 aromatic rings. The number of ketones is 1. The normalized spacial score (nSPS) is 11.0. The molecule has 0 aromatic heterocycles. The van der Waals surface area contributed by atoms with Gasteiger partial charge in [-0.3, -0.25) is 4.79 Å². The lowest BCUT2D eigenvalue weighted by atomic mass is 9.94. The van der Waals surface area contributed by atoms with Crippen LogP contribution in [0.5, 0.6) is 5.75 Å². The molecule has 2 nitrogen and oxygen atoms in total. The number of ether oxygens (including phenoxy) is 1. The molecule has 0 unspecified atom stereocenters. The number of Topliss-reactive ketones (excluding diaryl/α,β-unsaturated/α-hetero) is 1. The van der Waals surface area contributed by atoms with Crippen LogP contribution in [-0.2, 0) is 0 Å². The van der Waals surface area contributed by atoms with Gasteiger partial charge in [0.2, 0.25) is 0 Å². The van der Waals surface area contributed by atoms with E-state index in [4.69, 9.17) is 4.74 Å². The van der Waals surface area contributed by atoms with Gasteiger partial charge in [0.15, 0.2) is 12.4 Å². The van der Waals surface area contributed by atoms with Crippen LogP contribution in [0.1, 0.15) is 61.0 Å². The van der Waals surface area contributed by atoms with Crippen LogP contribution in [0.3, 0.4) is 0 Å². The van der Waals surface area contributed by atoms with E-state index in [0.717, 1.165) is 16.9 Å². The zero-order chi connectivity index (χ0) is 16.1. The number of hydrogen-bond donors (Lipinski definition) is 0. The van der Waals surface area contributed by atoms with E-state index < -0.39 is 0 Å². The van der Waals surface area contributed by atoms with Gasteiger partial charge in [-0.1, -0.05) is 76.2 Å². The lowest BCUT2D eigenvalue weighted by Gasteiger charge is -2.19. The Bertz CT molecular complexity index is 601. The van der Waals surface area contributed by atoms with Crippen LogP contribution in [0.2, 0.25) is 0 Å². The van der Waals surface area contributed by atoms with E-state index in [2.05, 4.69) is 45.9 Å². The molecule has 0 radical (unpaired) electrons. The van der Waals surface area contributed by atoms with E-state index in [0.29, 0.717) is 17.4 Å². The van der Waals surface area contributed by atoms with Gasteiger partial charge in [-0.25, -0.2) is 0 Å². The summed E-state index contributed by atoms with van der Waals surface area (Å²) in [5, 5.41) is 0. The SMILES string of the molecule is CC(C)c1cccc(C(C)C)c1OCC(=O)c1ccccc1. The van der Waals surface area contributed by atoms with Crippen molar-refractivity contribution < 1.29 is 9.53 Å². The monoisotopic (exact) mass is 296 g/mol. The molecular weight excluding hydrogens is 272 g/mol. The van der Waals surface area contributed by atoms with E-state index in [1.54, 1.807) is 0 Å². The second-order valence-corrected chi connectivity index (χ2v) is 6.15. The zero-order valence-corrected chi connectivity index (χ0v) is 13.8. The predicted molar refractivity (Wildman–Crippen MR) is 90.9 cm³/mol. The minimum atomic E-state index is 0.00821. The predicted octanol–water partition coefficient (Wildman–Crippen LogP) is 5.20. The number of carbonyl (C=O) groups is 1. The molecule has 0 amide bonds. The summed E-state index contributed by atoms with van der Waals surface area (Å²) in [5.74, 6) is 1.60. The lowest BCUT2D eigenvalue weighted by Crippen LogP contribution is -2.14. The summed E-state index contributed by atoms with van der Waals surface area (Å²) >= 11 is 0. The maximum absolute atomic E-state index is 12.3. The molecule has 0 heterocycles. The third-order valence-corrected chi connectivity index (χ3v) is 3.76. The minimum absolute atomic E-state index is 0.00821. The highest BCUT2D eigenvalue weighted by Crippen LogP contribution is 2.34. The Labute approximate surface area is 133 Å². The number of benzene rings is 2. The van der Waals surface area contributed by atoms with Gasteiger partial charge in [0.25, 0.3) is 0 Å². The van der Waals surface area contributed by atoms with E-state index in [1.807, 2.05) is 30.3 Å². The number of para-hydroxylation sites is 1. The molecule has 0 aliphatic carbocycles. The van der Waals surface area contributed by atoms with Crippen LogP contribution in [0.15, 0.2) is 48.5 Å². The summed E-state index contributed by atoms with van der Waals surface area (Å²) in [4.78, 5) is 12.3. The summed E-state index contributed by atoms with van der Waals surface area (Å²) in [6.45, 7) is 8.65. The molecule has 22 heavy (non-hydrogen) atoms. The molecule has 0 spiro atoms. The first kappa shape index (κ1) is 16.3. The van der Waals surface area contributed by atoms with Gasteiger partial charge in [0.1, 0.15) is 5.75 Å². The number of rotatable bonds is 6. The maximum atomic E-state index is 12.3. The first-order chi connectivity index (χ1) is 10.5. The molecule has 2 aromatic carbocycles. The van der Waals surface area contributed by atoms with Crippen molar-refractivity contribution in [2.45, 2.75) is 39.5 Å². The van der Waals surface area contributed by atoms with Crippen LogP contribution in [0.4, 0.5) is 0 Å². The van der Waals surface area contributed by atoms with E-state index in [1.165, 1.54) is 0 Å². The fourth-order valence-electron chi connectivity index (χ4n) is 2.49. The molecule has 0 saturated heterocycles. The summed E-state index contributed by atoms with van der Waals surface area (Å²) in [6.07, 6.45) is 0. The van der Waals surface area contributed by atoms with E-state index in [-0.39, 0.29) is 12.4 Å². The molecule has 2 rings (SSSR count). The number of carbonyl (C=O) groups excluding carboxylic acids is 1. The van der Waals surface area contributed by atoms with E-state index in [9.17, 15) is 4.79 Å². The standard InChI is InChI=1S/C20H24O2/c1-14(2)17-11-8-12-18(15(3)4)20(17)22-13-19(21)16-9-6-5-7-10-16/h5-12,14-15H,13H2,1-4H3. The Morgan fingerprint density at radius 1 is 0.864 bits per heavy atom. The topological polar surface area (TPSA) is 26.3 Å². The summed E-state index contributed by atoms with van der Waals surface area (Å²) < 4.78 is 5.96. The first-order valence-corrected chi connectivity index (χ1v) is 7.84. The van der Waals surface area contributed by atoms with Crippen LogP contribution in [0, 0.1) is 0 Å². The molecule has 0 N–H and O–H groups in total. The van der Waals surface area contributed by atoms with Crippen molar-refractivity contribution in [2.75, 3.05) is 6.61 Å². The van der Waals surface area contributed by atoms with Gasteiger partial charge in [0, 0.05) is 5.56 Å². The molecule has 0 saturated carbocycles. The highest BCUT2D eigenvalue weighted by atomic mass is 16.5. The quantitative estimate of drug-likeness (QED) is 0.685. The Kier molecular flexibility index (Phi) is 5.37. The van der Waals surface area contributed by atoms with Crippen molar-refractivity contribution in [3.8, 4) is 5.75 Å². The van der Waals surface area contributed by atoms with E-state index >= 15 is 0 Å². The van der Waals surface area contributed by atoms with Gasteiger partial charge >= 0.3 is 0 Å². The largest absolute Gasteiger partial charge is 0.485 e. The second-order valence-electron chi connectivity index (χ2n) is 6.15. The summed E-state index contributed by atoms with van der Waals surface area (Å²) in [7, 11) is 0. The third-order valence-electron chi connectivity index (χ3n) is 3.76. The molecule has 0 aliphatic heterocycles. The summed E-state index contributed by atoms with van der Waals surface area (Å²) in [6, 6.07) is 15.5. The van der Waals surface area contributed by atoms with Crippen molar-refractivity contribution in [2.24, 2.45) is 0 Å². The van der Waals surface area contributed by atoms with Crippen molar-refractivity contribution in [3.63, 3.8) is 0 Å². The number of hydrogen-bond acceptors (Lipinski definition) is 2. The Balaban J connectivity index is 2.23. The molecule has 0 aliphatic rings. The molecule has 0 fully saturated rings. The minimum Gasteiger partial charge on any atom is -0.485 e. The van der Waals surface area contributed by atoms with Crippen molar-refractivity contribution >= 4 is 5.78 Å². The second kappa shape index (κ2) is 7.26. The van der Waals surface area contributed by atoms with Gasteiger partial charge < -0.3 is 4.74 Å². The zero-order valence-electron chi connectivity index (χ0n) is 13.8. The van der Waals surface area contributed by atoms with Crippen LogP contribution < -0.4 is 4.74 Å². The lowest BCUT2D eigenvalue weighted by molar-refractivity contribution is 0.0919. The highest BCUT2D eigenvalue weighted by Gasteiger charge is 2.16. The van der Waals surface area contributed by atoms with Gasteiger partial charge in [-0.05, 0) is 23.0 Å². The first-order valence-electron chi connectivity index (χ1n) is 7.84. The molecular formula is C20H24O2. The van der Waals surface area contributed by atoms with Gasteiger partial charge in [-0.2, -0.15) is 0 Å². The molecule has 0 bridgehead atoms. The average molecular weight is 296 g/mol.